The fourth-order valence-electron chi connectivity index (χ4n) is 3.69. The molecule has 0 fully saturated rings. The van der Waals surface area contributed by atoms with Crippen LogP contribution in [0.3, 0.4) is 0 Å². The number of methoxy groups -OCH3 is 1. The number of alkyl halides is 9. The smallest absolute Gasteiger partial charge is 0.433 e. The molecule has 17 heteroatoms. The molecule has 0 saturated heterocycles. The summed E-state index contributed by atoms with van der Waals surface area (Å²) >= 11 is 2.61. The van der Waals surface area contributed by atoms with Crippen LogP contribution in [0.15, 0.2) is 27.5 Å². The van der Waals surface area contributed by atoms with E-state index in [9.17, 15) is 49.1 Å². The molecule has 41 heavy (non-hydrogen) atoms. The van der Waals surface area contributed by atoms with Gasteiger partial charge in [-0.3, -0.25) is 14.3 Å². The van der Waals surface area contributed by atoms with Gasteiger partial charge in [0.1, 0.15) is 0 Å². The highest BCUT2D eigenvalue weighted by Gasteiger charge is 2.43. The van der Waals surface area contributed by atoms with Crippen LogP contribution < -0.4 is 10.5 Å². The zero-order valence-corrected chi connectivity index (χ0v) is 23.4. The van der Waals surface area contributed by atoms with E-state index in [1.54, 1.807) is 0 Å². The Hall–Kier alpha value is -2.82. The molecule has 2 rings (SSSR count). The Kier molecular flexibility index (Phi) is 11.3. The number of benzene rings is 1. The first-order chi connectivity index (χ1) is 18.9. The van der Waals surface area contributed by atoms with Gasteiger partial charge in [-0.05, 0) is 41.4 Å². The minimum atomic E-state index is -5.39. The number of carbonyl (C=O) groups is 1. The topological polar surface area (TPSA) is 73.7 Å². The molecule has 2 aromatic rings. The van der Waals surface area contributed by atoms with Gasteiger partial charge < -0.3 is 9.47 Å². The summed E-state index contributed by atoms with van der Waals surface area (Å²) in [5.41, 5.74) is -7.98. The molecule has 1 unspecified atom stereocenters. The van der Waals surface area contributed by atoms with Crippen LogP contribution in [0.5, 0.6) is 0 Å². The number of esters is 1. The molecule has 1 atom stereocenters. The predicted octanol–water partition coefficient (Wildman–Crippen LogP) is 7.32. The monoisotopic (exact) mass is 669 g/mol. The van der Waals surface area contributed by atoms with Crippen molar-refractivity contribution in [3.05, 3.63) is 49.8 Å². The molecular weight excluding hydrogens is 645 g/mol. The molecule has 0 radical (unpaired) electrons. The Morgan fingerprint density at radius 3 is 2.10 bits per heavy atom. The number of ether oxygens (including phenoxy) is 2. The van der Waals surface area contributed by atoms with E-state index in [1.165, 1.54) is 6.92 Å². The summed E-state index contributed by atoms with van der Waals surface area (Å²) in [6.45, 7) is 2.41. The molecule has 0 aliphatic heterocycles. The summed E-state index contributed by atoms with van der Waals surface area (Å²) in [7, 11) is 0.822. The highest BCUT2D eigenvalue weighted by Crippen LogP contribution is 2.46. The second-order valence-electron chi connectivity index (χ2n) is 8.55. The van der Waals surface area contributed by atoms with Crippen molar-refractivity contribution in [3.8, 4) is 0 Å². The third-order valence-corrected chi connectivity index (χ3v) is 6.50. The summed E-state index contributed by atoms with van der Waals surface area (Å²) in [4.78, 5) is 29.2. The van der Waals surface area contributed by atoms with Gasteiger partial charge in [-0.2, -0.15) is 39.5 Å². The van der Waals surface area contributed by atoms with Crippen molar-refractivity contribution in [1.82, 2.24) is 9.55 Å². The minimum absolute atomic E-state index is 0.103. The average Bonchev–Trinajstić information content (AvgIpc) is 2.85. The van der Waals surface area contributed by atoms with Gasteiger partial charge in [0, 0.05) is 19.2 Å². The SMILES string of the molecule is CCCCCCOC(C(=O)OC)N(c1cc(C(F)(F)F)cc(C(F)(F)F)c1Br)c1nc(C(F)(F)F)cc(=O)n1CC. The van der Waals surface area contributed by atoms with Gasteiger partial charge in [0.15, 0.2) is 5.69 Å². The van der Waals surface area contributed by atoms with Crippen LogP contribution in [0.2, 0.25) is 0 Å². The Bertz CT molecular complexity index is 1280. The van der Waals surface area contributed by atoms with Gasteiger partial charge in [-0.1, -0.05) is 26.2 Å². The van der Waals surface area contributed by atoms with Crippen LogP contribution in [-0.4, -0.2) is 35.5 Å². The maximum Gasteiger partial charge on any atom is 0.433 e. The van der Waals surface area contributed by atoms with E-state index in [4.69, 9.17) is 4.74 Å². The third-order valence-electron chi connectivity index (χ3n) is 5.67. The summed E-state index contributed by atoms with van der Waals surface area (Å²) < 4.78 is 134. The van der Waals surface area contributed by atoms with Crippen molar-refractivity contribution in [2.24, 2.45) is 0 Å². The molecule has 0 aliphatic rings. The van der Waals surface area contributed by atoms with Gasteiger partial charge in [0.05, 0.1) is 28.4 Å². The molecule has 0 N–H and O–H groups in total. The number of anilines is 2. The van der Waals surface area contributed by atoms with Gasteiger partial charge in [0.25, 0.3) is 5.56 Å². The van der Waals surface area contributed by atoms with E-state index in [1.807, 2.05) is 6.92 Å². The first-order valence-corrected chi connectivity index (χ1v) is 12.8. The maximum absolute atomic E-state index is 13.9. The largest absolute Gasteiger partial charge is 0.466 e. The van der Waals surface area contributed by atoms with Crippen molar-refractivity contribution < 1.29 is 53.8 Å². The second kappa shape index (κ2) is 13.4. The van der Waals surface area contributed by atoms with Crippen LogP contribution in [-0.2, 0) is 39.3 Å². The Morgan fingerprint density at radius 1 is 0.976 bits per heavy atom. The molecule has 0 bridgehead atoms. The lowest BCUT2D eigenvalue weighted by Gasteiger charge is -2.34. The van der Waals surface area contributed by atoms with Crippen LogP contribution in [0.1, 0.15) is 56.4 Å². The van der Waals surface area contributed by atoms with Crippen molar-refractivity contribution in [3.63, 3.8) is 0 Å². The summed E-state index contributed by atoms with van der Waals surface area (Å²) in [5.74, 6) is -2.50. The number of hydrogen-bond donors (Lipinski definition) is 0. The molecule has 0 amide bonds. The van der Waals surface area contributed by atoms with Crippen LogP contribution in [0.4, 0.5) is 51.1 Å². The number of unbranched alkanes of at least 4 members (excludes halogenated alkanes) is 3. The number of hydrogen-bond acceptors (Lipinski definition) is 6. The van der Waals surface area contributed by atoms with Gasteiger partial charge in [-0.25, -0.2) is 9.78 Å². The molecule has 1 aromatic carbocycles. The zero-order valence-electron chi connectivity index (χ0n) is 21.8. The lowest BCUT2D eigenvalue weighted by atomic mass is 10.1. The van der Waals surface area contributed by atoms with E-state index < -0.39 is 75.8 Å². The summed E-state index contributed by atoms with van der Waals surface area (Å²) in [5, 5.41) is 0. The molecule has 0 spiro atoms. The quantitative estimate of drug-likeness (QED) is 0.108. The highest BCUT2D eigenvalue weighted by molar-refractivity contribution is 9.10. The van der Waals surface area contributed by atoms with Crippen LogP contribution in [0.25, 0.3) is 0 Å². The number of aromatic nitrogens is 2. The van der Waals surface area contributed by atoms with Gasteiger partial charge in [-0.15, -0.1) is 0 Å². The summed E-state index contributed by atoms with van der Waals surface area (Å²) in [6, 6.07) is 0.0609. The maximum atomic E-state index is 13.9. The fraction of sp³-hybridized carbons (Fsp3) is 0.542. The Balaban J connectivity index is 3.05. The van der Waals surface area contributed by atoms with E-state index >= 15 is 0 Å². The van der Waals surface area contributed by atoms with E-state index in [0.29, 0.717) is 17.4 Å². The van der Waals surface area contributed by atoms with E-state index in [-0.39, 0.29) is 36.1 Å². The molecule has 7 nitrogen and oxygen atoms in total. The minimum Gasteiger partial charge on any atom is -0.466 e. The first kappa shape index (κ1) is 34.4. The van der Waals surface area contributed by atoms with E-state index in [0.717, 1.165) is 13.5 Å². The molecular formula is C24H25BrF9N3O4. The van der Waals surface area contributed by atoms with Crippen LogP contribution >= 0.6 is 15.9 Å². The zero-order chi connectivity index (χ0) is 31.3. The lowest BCUT2D eigenvalue weighted by Crippen LogP contribution is -2.45. The predicted molar refractivity (Wildman–Crippen MR) is 131 cm³/mol. The normalized spacial score (nSPS) is 13.3. The average molecular weight is 670 g/mol. The second-order valence-corrected chi connectivity index (χ2v) is 9.34. The number of carbonyl (C=O) groups excluding carboxylic acids is 1. The number of rotatable bonds is 11. The van der Waals surface area contributed by atoms with Crippen molar-refractivity contribution in [2.75, 3.05) is 18.6 Å². The Morgan fingerprint density at radius 2 is 1.61 bits per heavy atom. The van der Waals surface area contributed by atoms with Gasteiger partial charge in [0.2, 0.25) is 12.2 Å². The fourth-order valence-corrected chi connectivity index (χ4v) is 4.33. The summed E-state index contributed by atoms with van der Waals surface area (Å²) in [6.07, 6.45) is -16.0. The lowest BCUT2D eigenvalue weighted by molar-refractivity contribution is -0.153. The third kappa shape index (κ3) is 8.36. The molecule has 230 valence electrons. The van der Waals surface area contributed by atoms with Crippen molar-refractivity contribution >= 4 is 33.5 Å². The van der Waals surface area contributed by atoms with E-state index in [2.05, 4.69) is 25.7 Å². The number of nitrogens with zero attached hydrogens (tertiary/aromatic N) is 3. The molecule has 0 saturated carbocycles. The molecule has 1 heterocycles. The Labute approximate surface area is 236 Å². The van der Waals surface area contributed by atoms with Crippen LogP contribution in [0, 0.1) is 0 Å². The first-order valence-electron chi connectivity index (χ1n) is 12.0. The van der Waals surface area contributed by atoms with Crippen molar-refractivity contribution in [1.29, 1.82) is 0 Å². The molecule has 0 aliphatic carbocycles. The van der Waals surface area contributed by atoms with Gasteiger partial charge >= 0.3 is 24.5 Å². The molecule has 1 aromatic heterocycles. The number of halogens is 10. The van der Waals surface area contributed by atoms with Crippen molar-refractivity contribution in [2.45, 2.75) is 70.8 Å². The standard InChI is InChI=1S/C24H25BrF9N3O4/c1-4-6-7-8-9-41-19(20(39)40-3)37(21-35-16(24(32,33)34)12-17(38)36(21)5-2)15-11-13(22(26,27)28)10-14(18(15)25)23(29,30)31/h10-12,19H,4-9H2,1-3H3. The highest BCUT2D eigenvalue weighted by atomic mass is 79.9.